The van der Waals surface area contributed by atoms with Gasteiger partial charge >= 0.3 is 0 Å². The molecule has 1 aliphatic carbocycles. The lowest BCUT2D eigenvalue weighted by Gasteiger charge is -2.33. The number of rotatable bonds is 6. The van der Waals surface area contributed by atoms with E-state index in [1.807, 2.05) is 7.05 Å². The molecule has 0 radical (unpaired) electrons. The number of anilines is 1. The number of likely N-dealkylation sites (N-methyl/N-ethyl adjacent to an activating group) is 1. The number of amidine groups is 1. The van der Waals surface area contributed by atoms with E-state index in [9.17, 15) is 13.2 Å². The summed E-state index contributed by atoms with van der Waals surface area (Å²) in [6.45, 7) is 3.23. The maximum atomic E-state index is 12.5. The molecule has 154 valence electrons. The summed E-state index contributed by atoms with van der Waals surface area (Å²) in [7, 11) is -1.71. The van der Waals surface area contributed by atoms with E-state index in [4.69, 9.17) is 0 Å². The monoisotopic (exact) mass is 406 g/mol. The topological polar surface area (TPSA) is 90.9 Å². The van der Waals surface area contributed by atoms with Crippen molar-refractivity contribution in [3.05, 3.63) is 24.3 Å². The van der Waals surface area contributed by atoms with E-state index in [1.54, 1.807) is 12.1 Å². The Morgan fingerprint density at radius 2 is 2.00 bits per heavy atom. The van der Waals surface area contributed by atoms with Gasteiger partial charge in [0.05, 0.1) is 11.4 Å². The SMILES string of the molecule is CC1CCC(N(C)CC(=O)Nc2cccc(S(=O)(=O)NC3=NCCC3)c2)CC1. The van der Waals surface area contributed by atoms with E-state index in [0.717, 1.165) is 25.2 Å². The van der Waals surface area contributed by atoms with Gasteiger partial charge in [0, 0.05) is 24.7 Å². The number of sulfonamides is 1. The van der Waals surface area contributed by atoms with Crippen molar-refractivity contribution in [3.8, 4) is 0 Å². The summed E-state index contributed by atoms with van der Waals surface area (Å²) in [5.74, 6) is 1.13. The summed E-state index contributed by atoms with van der Waals surface area (Å²) in [6, 6.07) is 6.77. The molecule has 0 atom stereocenters. The summed E-state index contributed by atoms with van der Waals surface area (Å²) < 4.78 is 27.6. The van der Waals surface area contributed by atoms with Gasteiger partial charge < -0.3 is 5.32 Å². The van der Waals surface area contributed by atoms with Crippen LogP contribution in [-0.4, -0.2) is 51.2 Å². The molecule has 8 heteroatoms. The van der Waals surface area contributed by atoms with Crippen molar-refractivity contribution in [3.63, 3.8) is 0 Å². The Labute approximate surface area is 167 Å². The third-order valence-corrected chi connectivity index (χ3v) is 6.94. The first-order valence-corrected chi connectivity index (χ1v) is 11.5. The third-order valence-electron chi connectivity index (χ3n) is 5.56. The number of amides is 1. The number of aliphatic imine (C=N–C) groups is 1. The van der Waals surface area contributed by atoms with Gasteiger partial charge in [-0.2, -0.15) is 0 Å². The van der Waals surface area contributed by atoms with Gasteiger partial charge in [0.1, 0.15) is 5.84 Å². The van der Waals surface area contributed by atoms with Crippen molar-refractivity contribution in [1.82, 2.24) is 9.62 Å². The van der Waals surface area contributed by atoms with Crippen LogP contribution in [-0.2, 0) is 14.8 Å². The fourth-order valence-electron chi connectivity index (χ4n) is 3.82. The molecule has 1 aromatic carbocycles. The number of benzene rings is 1. The zero-order chi connectivity index (χ0) is 20.1. The highest BCUT2D eigenvalue weighted by atomic mass is 32.2. The minimum absolute atomic E-state index is 0.120. The first-order chi connectivity index (χ1) is 13.3. The van der Waals surface area contributed by atoms with Gasteiger partial charge in [-0.3, -0.25) is 19.4 Å². The minimum atomic E-state index is -3.69. The van der Waals surface area contributed by atoms with Crippen molar-refractivity contribution in [2.45, 2.75) is 56.4 Å². The number of hydrogen-bond acceptors (Lipinski definition) is 5. The molecule has 1 fully saturated rings. The molecule has 1 aromatic rings. The quantitative estimate of drug-likeness (QED) is 0.760. The van der Waals surface area contributed by atoms with Crippen molar-refractivity contribution >= 4 is 27.5 Å². The predicted molar refractivity (Wildman–Crippen MR) is 111 cm³/mol. The Kier molecular flexibility index (Phi) is 6.72. The Morgan fingerprint density at radius 1 is 1.25 bits per heavy atom. The molecule has 0 unspecified atom stereocenters. The van der Waals surface area contributed by atoms with E-state index in [-0.39, 0.29) is 10.8 Å². The molecule has 1 aliphatic heterocycles. The van der Waals surface area contributed by atoms with Gasteiger partial charge in [-0.05, 0) is 63.3 Å². The molecule has 0 spiro atoms. The summed E-state index contributed by atoms with van der Waals surface area (Å²) in [5, 5.41) is 2.82. The molecule has 2 N–H and O–H groups in total. The fourth-order valence-corrected chi connectivity index (χ4v) is 4.95. The lowest BCUT2D eigenvalue weighted by molar-refractivity contribution is -0.117. The van der Waals surface area contributed by atoms with Crippen LogP contribution in [0.5, 0.6) is 0 Å². The molecule has 3 rings (SSSR count). The first kappa shape index (κ1) is 20.8. The largest absolute Gasteiger partial charge is 0.325 e. The highest BCUT2D eigenvalue weighted by Gasteiger charge is 2.23. The minimum Gasteiger partial charge on any atom is -0.325 e. The number of nitrogens with zero attached hydrogens (tertiary/aromatic N) is 2. The highest BCUT2D eigenvalue weighted by Crippen LogP contribution is 2.26. The van der Waals surface area contributed by atoms with Crippen molar-refractivity contribution in [1.29, 1.82) is 0 Å². The second-order valence-corrected chi connectivity index (χ2v) is 9.62. The van der Waals surface area contributed by atoms with Gasteiger partial charge in [-0.1, -0.05) is 13.0 Å². The van der Waals surface area contributed by atoms with Crippen LogP contribution in [0.3, 0.4) is 0 Å². The van der Waals surface area contributed by atoms with E-state index >= 15 is 0 Å². The average Bonchev–Trinajstić information content (AvgIpc) is 3.14. The fraction of sp³-hybridized carbons (Fsp3) is 0.600. The van der Waals surface area contributed by atoms with Gasteiger partial charge in [0.15, 0.2) is 0 Å². The standard InChI is InChI=1S/C20H30N4O3S/c1-15-8-10-17(11-9-15)24(2)14-20(25)22-16-5-3-6-18(13-16)28(26,27)23-19-7-4-12-21-19/h3,5-6,13,15,17H,4,7-12,14H2,1-2H3,(H,21,23)(H,22,25). The Morgan fingerprint density at radius 3 is 2.68 bits per heavy atom. The normalized spacial score (nSPS) is 22.8. The lowest BCUT2D eigenvalue weighted by Crippen LogP contribution is -2.39. The molecule has 0 bridgehead atoms. The van der Waals surface area contributed by atoms with E-state index in [2.05, 4.69) is 26.9 Å². The Hall–Kier alpha value is -1.93. The van der Waals surface area contributed by atoms with Gasteiger partial charge in [0.25, 0.3) is 10.0 Å². The smallest absolute Gasteiger partial charge is 0.262 e. The van der Waals surface area contributed by atoms with E-state index in [1.165, 1.54) is 25.0 Å². The first-order valence-electron chi connectivity index (χ1n) is 10.00. The zero-order valence-corrected chi connectivity index (χ0v) is 17.5. The van der Waals surface area contributed by atoms with Crippen LogP contribution in [0.25, 0.3) is 0 Å². The molecule has 28 heavy (non-hydrogen) atoms. The average molecular weight is 407 g/mol. The third kappa shape index (κ3) is 5.54. The summed E-state index contributed by atoms with van der Waals surface area (Å²) >= 11 is 0. The van der Waals surface area contributed by atoms with Crippen molar-refractivity contribution in [2.24, 2.45) is 10.9 Å². The van der Waals surface area contributed by atoms with Crippen LogP contribution >= 0.6 is 0 Å². The van der Waals surface area contributed by atoms with Crippen LogP contribution in [0.1, 0.15) is 45.4 Å². The maximum Gasteiger partial charge on any atom is 0.262 e. The summed E-state index contributed by atoms with van der Waals surface area (Å²) in [6.07, 6.45) is 6.15. The van der Waals surface area contributed by atoms with E-state index < -0.39 is 10.0 Å². The molecule has 1 heterocycles. The van der Waals surface area contributed by atoms with Crippen LogP contribution in [0, 0.1) is 5.92 Å². The van der Waals surface area contributed by atoms with Gasteiger partial charge in [-0.25, -0.2) is 8.42 Å². The van der Waals surface area contributed by atoms with E-state index in [0.29, 0.717) is 37.1 Å². The molecule has 1 saturated carbocycles. The van der Waals surface area contributed by atoms with Crippen molar-refractivity contribution < 1.29 is 13.2 Å². The number of hydrogen-bond donors (Lipinski definition) is 2. The molecule has 1 amide bonds. The molecule has 0 saturated heterocycles. The molecular weight excluding hydrogens is 376 g/mol. The molecule has 0 aromatic heterocycles. The molecule has 7 nitrogen and oxygen atoms in total. The van der Waals surface area contributed by atoms with Gasteiger partial charge in [0.2, 0.25) is 5.91 Å². The Balaban J connectivity index is 1.58. The number of carbonyl (C=O) groups is 1. The van der Waals surface area contributed by atoms with Crippen LogP contribution in [0.4, 0.5) is 5.69 Å². The van der Waals surface area contributed by atoms with Crippen LogP contribution in [0.15, 0.2) is 34.2 Å². The predicted octanol–water partition coefficient (Wildman–Crippen LogP) is 2.61. The van der Waals surface area contributed by atoms with Crippen LogP contribution in [0.2, 0.25) is 0 Å². The van der Waals surface area contributed by atoms with Crippen LogP contribution < -0.4 is 10.0 Å². The summed E-state index contributed by atoms with van der Waals surface area (Å²) in [5.41, 5.74) is 0.479. The number of carbonyl (C=O) groups excluding carboxylic acids is 1. The lowest BCUT2D eigenvalue weighted by atomic mass is 9.87. The highest BCUT2D eigenvalue weighted by molar-refractivity contribution is 7.90. The summed E-state index contributed by atoms with van der Waals surface area (Å²) in [4.78, 5) is 18.8. The zero-order valence-electron chi connectivity index (χ0n) is 16.6. The number of nitrogens with one attached hydrogen (secondary N) is 2. The van der Waals surface area contributed by atoms with Gasteiger partial charge in [-0.15, -0.1) is 0 Å². The Bertz CT molecular complexity index is 830. The maximum absolute atomic E-state index is 12.5. The molecule has 2 aliphatic rings. The van der Waals surface area contributed by atoms with Crippen molar-refractivity contribution in [2.75, 3.05) is 25.5 Å². The molecular formula is C20H30N4O3S. The second-order valence-electron chi connectivity index (χ2n) is 7.94. The second kappa shape index (κ2) is 9.05.